The third-order valence-electron chi connectivity index (χ3n) is 5.30. The summed E-state index contributed by atoms with van der Waals surface area (Å²) in [5.74, 6) is 5.80. The van der Waals surface area contributed by atoms with Crippen molar-refractivity contribution >= 4 is 0 Å². The van der Waals surface area contributed by atoms with Crippen molar-refractivity contribution in [2.24, 2.45) is 35.5 Å². The first-order valence-corrected chi connectivity index (χ1v) is 7.97. The van der Waals surface area contributed by atoms with E-state index in [9.17, 15) is 0 Å². The van der Waals surface area contributed by atoms with Crippen molar-refractivity contribution in [1.82, 2.24) is 0 Å². The van der Waals surface area contributed by atoms with Crippen molar-refractivity contribution in [3.8, 4) is 0 Å². The highest BCUT2D eigenvalue weighted by Gasteiger charge is 2.38. The Hall–Kier alpha value is 0. The first-order chi connectivity index (χ1) is 7.97. The molecule has 0 heteroatoms. The lowest BCUT2D eigenvalue weighted by Gasteiger charge is -2.26. The number of hydrogen-bond donors (Lipinski definition) is 0. The van der Waals surface area contributed by atoms with Crippen LogP contribution in [-0.2, 0) is 0 Å². The van der Waals surface area contributed by atoms with Gasteiger partial charge in [0.05, 0.1) is 0 Å². The second-order valence-electron chi connectivity index (χ2n) is 7.11. The van der Waals surface area contributed by atoms with E-state index < -0.39 is 0 Å². The van der Waals surface area contributed by atoms with Crippen LogP contribution >= 0.6 is 0 Å². The normalized spacial score (nSPS) is 27.5. The summed E-state index contributed by atoms with van der Waals surface area (Å²) in [5.41, 5.74) is 0. The van der Waals surface area contributed by atoms with Crippen LogP contribution in [0.4, 0.5) is 0 Å². The van der Waals surface area contributed by atoms with Crippen LogP contribution in [-0.4, -0.2) is 0 Å². The van der Waals surface area contributed by atoms with Crippen LogP contribution in [0, 0.1) is 35.5 Å². The third-order valence-corrected chi connectivity index (χ3v) is 5.30. The van der Waals surface area contributed by atoms with Gasteiger partial charge in [0, 0.05) is 0 Å². The molecule has 17 heavy (non-hydrogen) atoms. The quantitative estimate of drug-likeness (QED) is 0.504. The van der Waals surface area contributed by atoms with Gasteiger partial charge in [0.2, 0.25) is 0 Å². The molecule has 0 aromatic carbocycles. The summed E-state index contributed by atoms with van der Waals surface area (Å²) in [7, 11) is 0. The summed E-state index contributed by atoms with van der Waals surface area (Å²) >= 11 is 0. The molecule has 0 bridgehead atoms. The zero-order valence-corrected chi connectivity index (χ0v) is 13.0. The zero-order chi connectivity index (χ0) is 13.0. The molecule has 1 rings (SSSR count). The highest BCUT2D eigenvalue weighted by atomic mass is 14.4. The zero-order valence-electron chi connectivity index (χ0n) is 13.0. The lowest BCUT2D eigenvalue weighted by molar-refractivity contribution is 0.247. The Bertz CT molecular complexity index is 204. The van der Waals surface area contributed by atoms with Crippen LogP contribution in [0.5, 0.6) is 0 Å². The van der Waals surface area contributed by atoms with Crippen LogP contribution < -0.4 is 0 Å². The Morgan fingerprint density at radius 3 is 2.12 bits per heavy atom. The molecule has 1 aliphatic rings. The molecule has 0 N–H and O–H groups in total. The first-order valence-electron chi connectivity index (χ1n) is 7.97. The molecule has 1 fully saturated rings. The molecule has 0 spiro atoms. The molecule has 0 heterocycles. The summed E-state index contributed by atoms with van der Waals surface area (Å²) in [5, 5.41) is 0. The molecule has 4 atom stereocenters. The molecule has 0 aromatic rings. The maximum atomic E-state index is 2.45. The van der Waals surface area contributed by atoms with E-state index in [0.717, 1.165) is 35.5 Å². The Labute approximate surface area is 110 Å². The van der Waals surface area contributed by atoms with Crippen LogP contribution in [0.3, 0.4) is 0 Å². The van der Waals surface area contributed by atoms with Gasteiger partial charge in [-0.2, -0.15) is 0 Å². The highest BCUT2D eigenvalue weighted by Crippen LogP contribution is 2.47. The minimum Gasteiger partial charge on any atom is -0.0651 e. The standard InChI is InChI=1S/C17H34/c1-7-15(14(6)12(2)3)9-8-10-16-11-17(16)13(4)5/h12-17H,7-11H2,1-6H3. The van der Waals surface area contributed by atoms with Gasteiger partial charge in [0.15, 0.2) is 0 Å². The molecule has 0 radical (unpaired) electrons. The van der Waals surface area contributed by atoms with E-state index in [2.05, 4.69) is 41.5 Å². The lowest BCUT2D eigenvalue weighted by Crippen LogP contribution is -2.16. The van der Waals surface area contributed by atoms with Crippen LogP contribution in [0.15, 0.2) is 0 Å². The summed E-state index contributed by atoms with van der Waals surface area (Å²) in [6.07, 6.45) is 7.34. The third kappa shape index (κ3) is 4.64. The topological polar surface area (TPSA) is 0 Å². The molecule has 0 amide bonds. The van der Waals surface area contributed by atoms with Crippen molar-refractivity contribution in [3.05, 3.63) is 0 Å². The van der Waals surface area contributed by atoms with E-state index in [-0.39, 0.29) is 0 Å². The second kappa shape index (κ2) is 6.81. The van der Waals surface area contributed by atoms with E-state index in [1.54, 1.807) is 0 Å². The van der Waals surface area contributed by atoms with Gasteiger partial charge in [-0.25, -0.2) is 0 Å². The molecular formula is C17H34. The predicted octanol–water partition coefficient (Wildman–Crippen LogP) is 5.77. The van der Waals surface area contributed by atoms with Crippen molar-refractivity contribution < 1.29 is 0 Å². The van der Waals surface area contributed by atoms with Crippen LogP contribution in [0.2, 0.25) is 0 Å². The Morgan fingerprint density at radius 1 is 1.06 bits per heavy atom. The van der Waals surface area contributed by atoms with Gasteiger partial charge >= 0.3 is 0 Å². The maximum Gasteiger partial charge on any atom is -0.0360 e. The molecule has 0 aliphatic heterocycles. The fraction of sp³-hybridized carbons (Fsp3) is 1.00. The van der Waals surface area contributed by atoms with Crippen molar-refractivity contribution in [1.29, 1.82) is 0 Å². The van der Waals surface area contributed by atoms with Crippen molar-refractivity contribution in [3.63, 3.8) is 0 Å². The van der Waals surface area contributed by atoms with E-state index in [4.69, 9.17) is 0 Å². The summed E-state index contributed by atoms with van der Waals surface area (Å²) in [6, 6.07) is 0. The van der Waals surface area contributed by atoms with Crippen molar-refractivity contribution in [2.75, 3.05) is 0 Å². The summed E-state index contributed by atoms with van der Waals surface area (Å²) in [6.45, 7) is 14.4. The monoisotopic (exact) mass is 238 g/mol. The first kappa shape index (κ1) is 15.1. The van der Waals surface area contributed by atoms with Crippen LogP contribution in [0.25, 0.3) is 0 Å². The molecule has 0 aromatic heterocycles. The minimum atomic E-state index is 0.851. The van der Waals surface area contributed by atoms with Gasteiger partial charge in [-0.1, -0.05) is 67.2 Å². The molecule has 4 unspecified atom stereocenters. The van der Waals surface area contributed by atoms with Gasteiger partial charge in [0.25, 0.3) is 0 Å². The molecule has 0 saturated heterocycles. The largest absolute Gasteiger partial charge is 0.0651 e. The Kier molecular flexibility index (Phi) is 6.03. The van der Waals surface area contributed by atoms with Gasteiger partial charge < -0.3 is 0 Å². The average Bonchev–Trinajstić information content (AvgIpc) is 3.03. The Morgan fingerprint density at radius 2 is 1.71 bits per heavy atom. The van der Waals surface area contributed by atoms with Gasteiger partial charge in [-0.3, -0.25) is 0 Å². The average molecular weight is 238 g/mol. The van der Waals surface area contributed by atoms with Crippen molar-refractivity contribution in [2.45, 2.75) is 73.6 Å². The molecule has 1 saturated carbocycles. The van der Waals surface area contributed by atoms with Crippen LogP contribution in [0.1, 0.15) is 73.6 Å². The van der Waals surface area contributed by atoms with E-state index in [1.165, 1.54) is 32.1 Å². The van der Waals surface area contributed by atoms with E-state index in [1.807, 2.05) is 0 Å². The van der Waals surface area contributed by atoms with Gasteiger partial charge in [-0.15, -0.1) is 0 Å². The Balaban J connectivity index is 2.17. The summed E-state index contributed by atoms with van der Waals surface area (Å²) < 4.78 is 0. The maximum absolute atomic E-state index is 2.45. The second-order valence-corrected chi connectivity index (χ2v) is 7.11. The summed E-state index contributed by atoms with van der Waals surface area (Å²) in [4.78, 5) is 0. The number of hydrogen-bond acceptors (Lipinski definition) is 0. The molecule has 102 valence electrons. The van der Waals surface area contributed by atoms with E-state index >= 15 is 0 Å². The number of rotatable bonds is 8. The predicted molar refractivity (Wildman–Crippen MR) is 78.1 cm³/mol. The smallest absolute Gasteiger partial charge is 0.0360 e. The lowest BCUT2D eigenvalue weighted by atomic mass is 9.80. The highest BCUT2D eigenvalue weighted by molar-refractivity contribution is 4.88. The molecule has 0 nitrogen and oxygen atoms in total. The fourth-order valence-corrected chi connectivity index (χ4v) is 3.44. The SMILES string of the molecule is CCC(CCCC1CC1C(C)C)C(C)C(C)C. The van der Waals surface area contributed by atoms with Gasteiger partial charge in [-0.05, 0) is 41.9 Å². The van der Waals surface area contributed by atoms with Gasteiger partial charge in [0.1, 0.15) is 0 Å². The molecule has 1 aliphatic carbocycles. The molecular weight excluding hydrogens is 204 g/mol. The fourth-order valence-electron chi connectivity index (χ4n) is 3.44. The van der Waals surface area contributed by atoms with E-state index in [0.29, 0.717) is 0 Å². The minimum absolute atomic E-state index is 0.851.